The van der Waals surface area contributed by atoms with Gasteiger partial charge in [-0.2, -0.15) is 13.2 Å². The highest BCUT2D eigenvalue weighted by molar-refractivity contribution is 7.29. The summed E-state index contributed by atoms with van der Waals surface area (Å²) in [5, 5.41) is 3.86. The van der Waals surface area contributed by atoms with Gasteiger partial charge in [-0.25, -0.2) is 4.98 Å². The number of carbonyl (C=O) groups excluding carboxylic acids is 1. The van der Waals surface area contributed by atoms with Crippen molar-refractivity contribution < 1.29 is 22.7 Å². The summed E-state index contributed by atoms with van der Waals surface area (Å²) in [5.41, 5.74) is 0.777. The van der Waals surface area contributed by atoms with Crippen molar-refractivity contribution in [2.45, 2.75) is 19.0 Å². The third kappa shape index (κ3) is 4.18. The number of thiazole rings is 1. The molecule has 1 amide bonds. The van der Waals surface area contributed by atoms with E-state index in [0.717, 1.165) is 10.4 Å². The van der Waals surface area contributed by atoms with Crippen molar-refractivity contribution in [1.82, 2.24) is 9.88 Å². The number of ether oxygens (including phenoxy) is 1. The van der Waals surface area contributed by atoms with Crippen molar-refractivity contribution in [3.05, 3.63) is 35.2 Å². The smallest absolute Gasteiger partial charge is 0.393 e. The molecule has 0 bridgehead atoms. The summed E-state index contributed by atoms with van der Waals surface area (Å²) in [4.78, 5) is 19.6. The van der Waals surface area contributed by atoms with Crippen LogP contribution in [0, 0.1) is 5.92 Å². The van der Waals surface area contributed by atoms with E-state index in [1.165, 1.54) is 27.6 Å². The van der Waals surface area contributed by atoms with Crippen LogP contribution in [0.1, 0.15) is 22.5 Å². The maximum absolute atomic E-state index is 13.0. The Morgan fingerprint density at radius 2 is 2.10 bits per heavy atom. The summed E-state index contributed by atoms with van der Waals surface area (Å²) in [6.45, 7) is 0.0763. The number of anilines is 2. The molecule has 0 radical (unpaired) electrons. The van der Waals surface area contributed by atoms with Crippen LogP contribution in [0.3, 0.4) is 0 Å². The first-order valence-electron chi connectivity index (χ1n) is 9.01. The second kappa shape index (κ2) is 7.83. The van der Waals surface area contributed by atoms with E-state index in [0.29, 0.717) is 33.6 Å². The second-order valence-electron chi connectivity index (χ2n) is 6.76. The first kappa shape index (κ1) is 20.0. The molecule has 1 aliphatic heterocycles. The van der Waals surface area contributed by atoms with E-state index < -0.39 is 12.1 Å². The zero-order chi connectivity index (χ0) is 20.6. The molecule has 4 rings (SSSR count). The number of piperidine rings is 1. The third-order valence-electron chi connectivity index (χ3n) is 4.82. The maximum Gasteiger partial charge on any atom is 0.393 e. The first-order chi connectivity index (χ1) is 13.8. The van der Waals surface area contributed by atoms with Crippen molar-refractivity contribution in [2.24, 2.45) is 5.92 Å². The molecule has 1 fully saturated rings. The van der Waals surface area contributed by atoms with Crippen LogP contribution in [-0.4, -0.2) is 42.2 Å². The lowest BCUT2D eigenvalue weighted by atomic mass is 9.97. The van der Waals surface area contributed by atoms with Crippen molar-refractivity contribution in [1.29, 1.82) is 0 Å². The van der Waals surface area contributed by atoms with Crippen LogP contribution >= 0.6 is 22.7 Å². The molecule has 3 aromatic rings. The van der Waals surface area contributed by atoms with Gasteiger partial charge < -0.3 is 15.0 Å². The summed E-state index contributed by atoms with van der Waals surface area (Å²) >= 11 is 2.59. The van der Waals surface area contributed by atoms with Gasteiger partial charge in [-0.15, -0.1) is 11.3 Å². The molecule has 154 valence electrons. The second-order valence-corrected chi connectivity index (χ2v) is 8.82. The number of likely N-dealkylation sites (tertiary alicyclic amines) is 1. The van der Waals surface area contributed by atoms with Crippen molar-refractivity contribution >= 4 is 48.9 Å². The van der Waals surface area contributed by atoms with Crippen LogP contribution < -0.4 is 10.1 Å². The highest BCUT2D eigenvalue weighted by Gasteiger charge is 2.42. The molecule has 2 aromatic heterocycles. The fraction of sp³-hybridized carbons (Fsp3) is 0.368. The van der Waals surface area contributed by atoms with Gasteiger partial charge in [0.1, 0.15) is 10.6 Å². The summed E-state index contributed by atoms with van der Waals surface area (Å²) in [7, 11) is 1.59. The van der Waals surface area contributed by atoms with Crippen molar-refractivity contribution in [3.63, 3.8) is 0 Å². The van der Waals surface area contributed by atoms with E-state index in [1.807, 2.05) is 24.3 Å². The summed E-state index contributed by atoms with van der Waals surface area (Å²) in [6.07, 6.45) is -3.83. The average Bonchev–Trinajstić information content (AvgIpc) is 3.26. The lowest BCUT2D eigenvalue weighted by Gasteiger charge is -2.33. The van der Waals surface area contributed by atoms with Gasteiger partial charge in [0.25, 0.3) is 5.91 Å². The first-order valence-corrected chi connectivity index (χ1v) is 10.6. The van der Waals surface area contributed by atoms with Crippen molar-refractivity contribution in [2.75, 3.05) is 25.5 Å². The van der Waals surface area contributed by atoms with E-state index in [4.69, 9.17) is 4.74 Å². The number of alkyl halides is 3. The minimum absolute atomic E-state index is 0.0757. The number of aromatic nitrogens is 1. The Morgan fingerprint density at radius 1 is 1.31 bits per heavy atom. The topological polar surface area (TPSA) is 54.5 Å². The molecule has 1 aromatic carbocycles. The zero-order valence-corrected chi connectivity index (χ0v) is 17.1. The van der Waals surface area contributed by atoms with Crippen LogP contribution in [0.4, 0.5) is 24.0 Å². The number of nitrogens with one attached hydrogen (secondary N) is 1. The standard InChI is InChI=1S/C19H18F3N3O2S2/c1-27-13-7-3-2-6-12(13)23-18-24-16-14(29-18)9-15(28-16)17(26)25-8-4-5-11(10-25)19(20,21)22/h2-3,6-7,9,11H,4-5,8,10H2,1H3,(H,23,24). The maximum atomic E-state index is 13.0. The van der Waals surface area contributed by atoms with Gasteiger partial charge in [-0.05, 0) is 31.0 Å². The van der Waals surface area contributed by atoms with Crippen LogP contribution in [0.25, 0.3) is 9.53 Å². The van der Waals surface area contributed by atoms with Crippen LogP contribution in [0.15, 0.2) is 30.3 Å². The van der Waals surface area contributed by atoms with Crippen LogP contribution in [0.2, 0.25) is 0 Å². The number of benzene rings is 1. The molecule has 29 heavy (non-hydrogen) atoms. The minimum atomic E-state index is -4.27. The lowest BCUT2D eigenvalue weighted by molar-refractivity contribution is -0.184. The van der Waals surface area contributed by atoms with Crippen LogP contribution in [0.5, 0.6) is 5.75 Å². The number of methoxy groups -OCH3 is 1. The molecule has 1 N–H and O–H groups in total. The molecule has 1 saturated heterocycles. The Hall–Kier alpha value is -2.33. The molecular formula is C19H18F3N3O2S2. The highest BCUT2D eigenvalue weighted by Crippen LogP contribution is 2.38. The number of amides is 1. The van der Waals surface area contributed by atoms with Gasteiger partial charge in [-0.1, -0.05) is 23.5 Å². The normalized spacial score (nSPS) is 17.5. The monoisotopic (exact) mass is 441 g/mol. The SMILES string of the molecule is COc1ccccc1Nc1nc2sc(C(=O)N3CCCC(C(F)(F)F)C3)cc2s1. The molecule has 5 nitrogen and oxygen atoms in total. The number of para-hydroxylation sites is 2. The Balaban J connectivity index is 1.50. The average molecular weight is 442 g/mol. The van der Waals surface area contributed by atoms with Gasteiger partial charge in [0.05, 0.1) is 28.3 Å². The Kier molecular flexibility index (Phi) is 5.39. The fourth-order valence-corrected chi connectivity index (χ4v) is 5.44. The molecule has 3 heterocycles. The Labute approximate surface area is 173 Å². The summed E-state index contributed by atoms with van der Waals surface area (Å²) in [5.74, 6) is -1.12. The zero-order valence-electron chi connectivity index (χ0n) is 15.5. The van der Waals surface area contributed by atoms with Crippen LogP contribution in [-0.2, 0) is 0 Å². The minimum Gasteiger partial charge on any atom is -0.495 e. The van der Waals surface area contributed by atoms with E-state index in [2.05, 4.69) is 10.3 Å². The summed E-state index contributed by atoms with van der Waals surface area (Å²) in [6, 6.07) is 9.17. The number of carbonyl (C=O) groups is 1. The number of fused-ring (bicyclic) bond motifs is 1. The molecule has 0 spiro atoms. The van der Waals surface area contributed by atoms with Crippen molar-refractivity contribution in [3.8, 4) is 5.75 Å². The van der Waals surface area contributed by atoms with Gasteiger partial charge in [0.15, 0.2) is 5.13 Å². The van der Waals surface area contributed by atoms with Gasteiger partial charge in [0.2, 0.25) is 0 Å². The Morgan fingerprint density at radius 3 is 2.83 bits per heavy atom. The third-order valence-corrected chi connectivity index (χ3v) is 6.88. The number of thiophene rings is 1. The molecule has 0 saturated carbocycles. The number of hydrogen-bond acceptors (Lipinski definition) is 6. The number of hydrogen-bond donors (Lipinski definition) is 1. The van der Waals surface area contributed by atoms with E-state index in [9.17, 15) is 18.0 Å². The van der Waals surface area contributed by atoms with Gasteiger partial charge >= 0.3 is 6.18 Å². The largest absolute Gasteiger partial charge is 0.495 e. The molecule has 10 heteroatoms. The van der Waals surface area contributed by atoms with Gasteiger partial charge in [-0.3, -0.25) is 4.79 Å². The lowest BCUT2D eigenvalue weighted by Crippen LogP contribution is -2.44. The predicted octanol–water partition coefficient (Wildman–Crippen LogP) is 5.52. The molecule has 1 atom stereocenters. The fourth-order valence-electron chi connectivity index (χ4n) is 3.34. The molecule has 1 aliphatic rings. The number of rotatable bonds is 4. The predicted molar refractivity (Wildman–Crippen MR) is 108 cm³/mol. The Bertz CT molecular complexity index is 1000. The highest BCUT2D eigenvalue weighted by atomic mass is 32.1. The van der Waals surface area contributed by atoms with E-state index in [1.54, 1.807) is 13.2 Å². The molecular weight excluding hydrogens is 423 g/mol. The molecule has 1 unspecified atom stereocenters. The summed E-state index contributed by atoms with van der Waals surface area (Å²) < 4.78 is 45.2. The van der Waals surface area contributed by atoms with E-state index >= 15 is 0 Å². The number of nitrogens with zero attached hydrogens (tertiary/aromatic N) is 2. The van der Waals surface area contributed by atoms with Gasteiger partial charge in [0, 0.05) is 13.1 Å². The quantitative estimate of drug-likeness (QED) is 0.579. The van der Waals surface area contributed by atoms with E-state index in [-0.39, 0.29) is 18.9 Å². The number of halogens is 3. The molecule has 0 aliphatic carbocycles.